The summed E-state index contributed by atoms with van der Waals surface area (Å²) in [5.41, 5.74) is 5.20. The summed E-state index contributed by atoms with van der Waals surface area (Å²) in [6, 6.07) is 15.2. The summed E-state index contributed by atoms with van der Waals surface area (Å²) < 4.78 is 27.1. The number of rotatable bonds is 5. The van der Waals surface area contributed by atoms with Gasteiger partial charge in [0.25, 0.3) is 5.91 Å². The van der Waals surface area contributed by atoms with E-state index in [0.29, 0.717) is 0 Å². The van der Waals surface area contributed by atoms with Gasteiger partial charge in [-0.05, 0) is 79.6 Å². The van der Waals surface area contributed by atoms with Crippen molar-refractivity contribution in [3.63, 3.8) is 0 Å². The minimum atomic E-state index is -0.264. The predicted molar refractivity (Wildman–Crippen MR) is 145 cm³/mol. The number of halogens is 3. The maximum Gasteiger partial charge on any atom is 0.255 e. The minimum absolute atomic E-state index is 0. The van der Waals surface area contributed by atoms with E-state index in [1.165, 1.54) is 39.6 Å². The second-order valence-corrected chi connectivity index (χ2v) is 10.8. The van der Waals surface area contributed by atoms with Gasteiger partial charge in [-0.3, -0.25) is 4.79 Å². The number of aryl methyl sites for hydroxylation is 2. The van der Waals surface area contributed by atoms with Crippen molar-refractivity contribution in [1.82, 2.24) is 9.80 Å². The number of piperidine rings is 1. The molecule has 1 aromatic heterocycles. The van der Waals surface area contributed by atoms with Gasteiger partial charge in [0, 0.05) is 42.5 Å². The van der Waals surface area contributed by atoms with Gasteiger partial charge in [0.05, 0.1) is 5.56 Å². The van der Waals surface area contributed by atoms with E-state index in [-0.39, 0.29) is 29.9 Å². The third-order valence-electron chi connectivity index (χ3n) is 7.05. The first-order valence-corrected chi connectivity index (χ1v) is 13.1. The Morgan fingerprint density at radius 3 is 2.03 bits per heavy atom. The number of thiophene rings is 1. The molecule has 36 heavy (non-hydrogen) atoms. The van der Waals surface area contributed by atoms with E-state index in [1.54, 1.807) is 35.6 Å². The number of carbonyl (C=O) groups is 1. The molecule has 0 radical (unpaired) electrons. The lowest BCUT2D eigenvalue weighted by Gasteiger charge is -2.32. The minimum Gasteiger partial charge on any atom is -0.337 e. The van der Waals surface area contributed by atoms with Crippen molar-refractivity contribution in [3.8, 4) is 0 Å². The fourth-order valence-corrected chi connectivity index (χ4v) is 6.28. The second kappa shape index (κ2) is 11.7. The van der Waals surface area contributed by atoms with Crippen LogP contribution in [-0.2, 0) is 6.42 Å². The van der Waals surface area contributed by atoms with Crippen LogP contribution in [0.15, 0.2) is 60.2 Å². The number of amides is 1. The molecule has 5 rings (SSSR count). The van der Waals surface area contributed by atoms with Crippen molar-refractivity contribution < 1.29 is 13.6 Å². The molecule has 3 nitrogen and oxygen atoms in total. The van der Waals surface area contributed by atoms with E-state index in [2.05, 4.69) is 11.8 Å². The summed E-state index contributed by atoms with van der Waals surface area (Å²) in [6.07, 6.45) is 3.80. The lowest BCUT2D eigenvalue weighted by Crippen LogP contribution is -2.40. The van der Waals surface area contributed by atoms with Gasteiger partial charge >= 0.3 is 0 Å². The Bertz CT molecular complexity index is 1180. The molecule has 0 atom stereocenters. The van der Waals surface area contributed by atoms with Crippen LogP contribution in [0.25, 0.3) is 5.57 Å². The van der Waals surface area contributed by atoms with Crippen molar-refractivity contribution in [1.29, 1.82) is 0 Å². The van der Waals surface area contributed by atoms with Crippen molar-refractivity contribution in [2.75, 3.05) is 32.7 Å². The van der Waals surface area contributed by atoms with Crippen LogP contribution in [0.1, 0.15) is 50.5 Å². The summed E-state index contributed by atoms with van der Waals surface area (Å²) >= 11 is 1.75. The highest BCUT2D eigenvalue weighted by Gasteiger charge is 2.25. The van der Waals surface area contributed by atoms with Crippen LogP contribution >= 0.6 is 23.7 Å². The first kappa shape index (κ1) is 26.5. The Labute approximate surface area is 221 Å². The third kappa shape index (κ3) is 5.88. The molecule has 7 heteroatoms. The first-order chi connectivity index (χ1) is 17.0. The van der Waals surface area contributed by atoms with Crippen LogP contribution in [0.2, 0.25) is 0 Å². The molecule has 1 amide bonds. The van der Waals surface area contributed by atoms with E-state index in [0.717, 1.165) is 80.7 Å². The smallest absolute Gasteiger partial charge is 0.255 e. The number of fused-ring (bicyclic) bond motifs is 1. The molecule has 1 saturated heterocycles. The Balaban J connectivity index is 0.00000304. The zero-order valence-electron chi connectivity index (χ0n) is 20.4. The van der Waals surface area contributed by atoms with Gasteiger partial charge in [-0.25, -0.2) is 8.78 Å². The number of hydrogen-bond donors (Lipinski definition) is 0. The molecule has 2 aliphatic rings. The molecule has 0 N–H and O–H groups in total. The predicted octanol–water partition coefficient (Wildman–Crippen LogP) is 6.74. The lowest BCUT2D eigenvalue weighted by molar-refractivity contribution is 0.0738. The summed E-state index contributed by atoms with van der Waals surface area (Å²) in [6.45, 7) is 6.31. The molecule has 0 bridgehead atoms. The largest absolute Gasteiger partial charge is 0.337 e. The number of hydrogen-bond acceptors (Lipinski definition) is 3. The molecular formula is C29H31ClF2N2OS. The van der Waals surface area contributed by atoms with Crippen LogP contribution in [0.3, 0.4) is 0 Å². The topological polar surface area (TPSA) is 23.6 Å². The Kier molecular flexibility index (Phi) is 8.60. The normalized spacial score (nSPS) is 16.4. The molecule has 3 heterocycles. The SMILES string of the molecule is Cc1cc2c(s1)CCCN(CCN1CCC(=C(c3ccc(F)cc3)c3ccc(F)cc3)CC1)C2=O.Cl. The lowest BCUT2D eigenvalue weighted by atomic mass is 9.88. The van der Waals surface area contributed by atoms with Crippen LogP contribution in [0, 0.1) is 18.6 Å². The number of nitrogens with zero attached hydrogens (tertiary/aromatic N) is 2. The van der Waals surface area contributed by atoms with Gasteiger partial charge in [-0.15, -0.1) is 23.7 Å². The van der Waals surface area contributed by atoms with Crippen LogP contribution < -0.4 is 0 Å². The summed E-state index contributed by atoms with van der Waals surface area (Å²) in [5.74, 6) is -0.353. The second-order valence-electron chi connectivity index (χ2n) is 9.42. The maximum atomic E-state index is 13.6. The molecule has 0 unspecified atom stereocenters. The van der Waals surface area contributed by atoms with E-state index < -0.39 is 0 Å². The highest BCUT2D eigenvalue weighted by Crippen LogP contribution is 2.33. The van der Waals surface area contributed by atoms with Crippen LogP contribution in [-0.4, -0.2) is 48.4 Å². The van der Waals surface area contributed by atoms with Gasteiger partial charge in [-0.2, -0.15) is 0 Å². The molecule has 0 saturated carbocycles. The van der Waals surface area contributed by atoms with E-state index in [4.69, 9.17) is 0 Å². The first-order valence-electron chi connectivity index (χ1n) is 12.3. The highest BCUT2D eigenvalue weighted by atomic mass is 35.5. The van der Waals surface area contributed by atoms with Crippen molar-refractivity contribution >= 4 is 35.2 Å². The summed E-state index contributed by atoms with van der Waals surface area (Å²) in [5, 5.41) is 0. The monoisotopic (exact) mass is 528 g/mol. The number of benzene rings is 2. The zero-order valence-corrected chi connectivity index (χ0v) is 22.1. The zero-order chi connectivity index (χ0) is 24.4. The average Bonchev–Trinajstić information content (AvgIpc) is 3.17. The number of likely N-dealkylation sites (tertiary alicyclic amines) is 1. The van der Waals surface area contributed by atoms with Crippen molar-refractivity contribution in [2.45, 2.75) is 32.6 Å². The molecule has 1 fully saturated rings. The van der Waals surface area contributed by atoms with Gasteiger partial charge in [0.2, 0.25) is 0 Å². The van der Waals surface area contributed by atoms with Gasteiger partial charge in [0.1, 0.15) is 11.6 Å². The number of carbonyl (C=O) groups excluding carboxylic acids is 1. The quantitative estimate of drug-likeness (QED) is 0.366. The maximum absolute atomic E-state index is 13.6. The Morgan fingerprint density at radius 1 is 0.861 bits per heavy atom. The summed E-state index contributed by atoms with van der Waals surface area (Å²) in [4.78, 5) is 20.0. The molecular weight excluding hydrogens is 498 g/mol. The Morgan fingerprint density at radius 2 is 1.44 bits per heavy atom. The van der Waals surface area contributed by atoms with Crippen LogP contribution in [0.4, 0.5) is 8.78 Å². The highest BCUT2D eigenvalue weighted by molar-refractivity contribution is 7.12. The molecule has 2 aliphatic heterocycles. The van der Waals surface area contributed by atoms with E-state index in [1.807, 2.05) is 11.0 Å². The Hall–Kier alpha value is -2.54. The van der Waals surface area contributed by atoms with Crippen molar-refractivity contribution in [3.05, 3.63) is 98.2 Å². The van der Waals surface area contributed by atoms with Gasteiger partial charge in [-0.1, -0.05) is 29.8 Å². The molecule has 190 valence electrons. The molecule has 0 aliphatic carbocycles. The van der Waals surface area contributed by atoms with Crippen LogP contribution in [0.5, 0.6) is 0 Å². The fraction of sp³-hybridized carbons (Fsp3) is 0.345. The molecule has 3 aromatic rings. The summed E-state index contributed by atoms with van der Waals surface area (Å²) in [7, 11) is 0. The molecule has 2 aromatic carbocycles. The molecule has 0 spiro atoms. The van der Waals surface area contributed by atoms with E-state index in [9.17, 15) is 13.6 Å². The van der Waals surface area contributed by atoms with E-state index >= 15 is 0 Å². The standard InChI is InChI=1S/C29H30F2N2OS.ClH/c1-20-19-26-27(35-20)3-2-14-33(29(26)34)18-17-32-15-12-23(13-16-32)28(21-4-8-24(30)9-5-21)22-6-10-25(31)11-7-22;/h4-11,19H,2-3,12-18H2,1H3;1H. The third-order valence-corrected chi connectivity index (χ3v) is 8.16. The average molecular weight is 529 g/mol. The van der Waals surface area contributed by atoms with Gasteiger partial charge in [0.15, 0.2) is 0 Å². The van der Waals surface area contributed by atoms with Crippen molar-refractivity contribution in [2.24, 2.45) is 0 Å². The van der Waals surface area contributed by atoms with Gasteiger partial charge < -0.3 is 9.80 Å². The fourth-order valence-electron chi connectivity index (χ4n) is 5.21.